The molecule has 1 aliphatic rings. The van der Waals surface area contributed by atoms with Gasteiger partial charge in [-0.15, -0.1) is 0 Å². The quantitative estimate of drug-likeness (QED) is 0.192. The standard InChI is InChI=1S/C24H30N2P.2CH3.Pd/c1-24(2,3)26-17-16-25(18-26)19-27-22(20-10-6-4-7-11-20)14-15-23(27)21-12-8-5-9-13-21;;;/h4-13,16-18,22-23H,14-15,19H2,1-3H3;2*1H3;/q+1;2*-1;+2/p+1/t22-,23-;;;/m0.../s1. The van der Waals surface area contributed by atoms with Crippen molar-refractivity contribution >= 4 is 7.92 Å². The van der Waals surface area contributed by atoms with E-state index in [-0.39, 0.29) is 40.8 Å². The first-order valence-corrected chi connectivity index (χ1v) is 11.9. The summed E-state index contributed by atoms with van der Waals surface area (Å²) in [6.07, 6.45) is 10.6. The molecule has 2 aromatic carbocycles. The zero-order valence-electron chi connectivity index (χ0n) is 19.0. The van der Waals surface area contributed by atoms with Gasteiger partial charge in [-0.05, 0) is 44.7 Å². The Morgan fingerprint density at radius 1 is 0.833 bits per heavy atom. The van der Waals surface area contributed by atoms with Crippen LogP contribution < -0.4 is 0 Å². The second-order valence-electron chi connectivity index (χ2n) is 8.74. The molecule has 1 saturated heterocycles. The average Bonchev–Trinajstić information content (AvgIpc) is 3.31. The van der Waals surface area contributed by atoms with Gasteiger partial charge in [-0.3, -0.25) is 0 Å². The third-order valence-corrected chi connectivity index (χ3v) is 9.64. The van der Waals surface area contributed by atoms with Crippen molar-refractivity contribution in [3.05, 3.63) is 105 Å². The Morgan fingerprint density at radius 3 is 1.70 bits per heavy atom. The Hall–Kier alpha value is -1.26. The predicted molar refractivity (Wildman–Crippen MR) is 131 cm³/mol. The van der Waals surface area contributed by atoms with Gasteiger partial charge in [0.15, 0.2) is 25.0 Å². The van der Waals surface area contributed by atoms with E-state index in [9.17, 15) is 0 Å². The third-order valence-electron chi connectivity index (χ3n) is 5.87. The molecule has 3 aromatic rings. The van der Waals surface area contributed by atoms with Crippen LogP contribution in [-0.2, 0) is 32.2 Å². The summed E-state index contributed by atoms with van der Waals surface area (Å²) in [7, 11) is -0.628. The Kier molecular flexibility index (Phi) is 10.2. The van der Waals surface area contributed by atoms with Gasteiger partial charge in [0.1, 0.15) is 0 Å². The van der Waals surface area contributed by atoms with E-state index < -0.39 is 7.92 Å². The number of benzene rings is 2. The minimum absolute atomic E-state index is 0. The zero-order chi connectivity index (χ0) is 18.9. The number of rotatable bonds is 4. The van der Waals surface area contributed by atoms with Crippen LogP contribution in [0.2, 0.25) is 0 Å². The Morgan fingerprint density at radius 2 is 1.30 bits per heavy atom. The van der Waals surface area contributed by atoms with Crippen molar-refractivity contribution in [1.82, 2.24) is 9.13 Å². The minimum Gasteiger partial charge on any atom is -0.358 e. The fourth-order valence-corrected chi connectivity index (χ4v) is 8.25. The van der Waals surface area contributed by atoms with E-state index in [2.05, 4.69) is 109 Å². The molecule has 2 nitrogen and oxygen atoms in total. The molecule has 0 saturated carbocycles. The van der Waals surface area contributed by atoms with Gasteiger partial charge in [0.2, 0.25) is 0 Å². The summed E-state index contributed by atoms with van der Waals surface area (Å²) in [6.45, 7) is 6.79. The van der Waals surface area contributed by atoms with Crippen LogP contribution in [0.5, 0.6) is 0 Å². The fourth-order valence-electron chi connectivity index (χ4n) is 4.39. The first-order valence-electron chi connectivity index (χ1n) is 10.1. The van der Waals surface area contributed by atoms with E-state index in [1.54, 1.807) is 11.1 Å². The first kappa shape index (κ1) is 26.8. The molecule has 0 aliphatic carbocycles. The molecule has 0 unspecified atom stereocenters. The molecule has 0 N–H and O–H groups in total. The normalized spacial score (nSPS) is 18.8. The van der Waals surface area contributed by atoms with E-state index in [0.29, 0.717) is 0 Å². The summed E-state index contributed by atoms with van der Waals surface area (Å²) < 4.78 is 4.77. The minimum atomic E-state index is -0.628. The summed E-state index contributed by atoms with van der Waals surface area (Å²) in [5.74, 6) is 0. The molecule has 2 heterocycles. The first-order chi connectivity index (χ1) is 13.0. The van der Waals surface area contributed by atoms with Crippen molar-refractivity contribution < 1.29 is 20.4 Å². The van der Waals surface area contributed by atoms with Crippen LogP contribution in [-0.4, -0.2) is 9.13 Å². The zero-order valence-corrected chi connectivity index (χ0v) is 21.5. The Balaban J connectivity index is 0.00000150. The number of aromatic nitrogens is 2. The summed E-state index contributed by atoms with van der Waals surface area (Å²) >= 11 is 0. The smallest absolute Gasteiger partial charge is 0.358 e. The van der Waals surface area contributed by atoms with E-state index in [0.717, 1.165) is 11.3 Å². The van der Waals surface area contributed by atoms with Crippen LogP contribution in [0.15, 0.2) is 79.4 Å². The molecule has 4 rings (SSSR count). The van der Waals surface area contributed by atoms with Gasteiger partial charge in [0, 0.05) is 7.92 Å². The third kappa shape index (κ3) is 5.91. The van der Waals surface area contributed by atoms with Crippen molar-refractivity contribution in [1.29, 1.82) is 0 Å². The summed E-state index contributed by atoms with van der Waals surface area (Å²) in [6, 6.07) is 22.4. The SMILES string of the molecule is CC(C)(C)n1ccn(C[PH+]2[C@H](c3ccccc3)CC[C@H]2c2ccccc2)[cH+]1.[CH3-].[CH3-].[Pd+2]. The van der Waals surface area contributed by atoms with E-state index in [1.165, 1.54) is 19.1 Å². The largest absolute Gasteiger partial charge is 2.00 e. The molecule has 4 heteroatoms. The van der Waals surface area contributed by atoms with Crippen LogP contribution >= 0.6 is 7.92 Å². The van der Waals surface area contributed by atoms with Crippen molar-refractivity contribution in [3.63, 3.8) is 0 Å². The van der Waals surface area contributed by atoms with Crippen molar-refractivity contribution in [2.24, 2.45) is 0 Å². The molecule has 30 heavy (non-hydrogen) atoms. The molecule has 1 aromatic heterocycles. The number of hydrogen-bond acceptors (Lipinski definition) is 0. The molecule has 0 amide bonds. The topological polar surface area (TPSA) is 9.86 Å². The molecule has 1 fully saturated rings. The number of nitrogens with zero attached hydrogens (tertiary/aromatic N) is 2. The summed E-state index contributed by atoms with van der Waals surface area (Å²) in [5, 5.41) is 0. The van der Waals surface area contributed by atoms with Crippen LogP contribution in [0.25, 0.3) is 0 Å². The summed E-state index contributed by atoms with van der Waals surface area (Å²) in [5.41, 5.74) is 4.68. The maximum Gasteiger partial charge on any atom is 2.00 e. The van der Waals surface area contributed by atoms with Crippen LogP contribution in [0.3, 0.4) is 0 Å². The van der Waals surface area contributed by atoms with Crippen molar-refractivity contribution in [3.8, 4) is 0 Å². The van der Waals surface area contributed by atoms with Gasteiger partial charge in [-0.2, -0.15) is 4.57 Å². The van der Waals surface area contributed by atoms with Crippen LogP contribution in [0.4, 0.5) is 0 Å². The maximum absolute atomic E-state index is 2.44. The van der Waals surface area contributed by atoms with Crippen LogP contribution in [0, 0.1) is 14.9 Å². The van der Waals surface area contributed by atoms with Gasteiger partial charge >= 0.3 is 20.4 Å². The average molecular weight is 515 g/mol. The van der Waals surface area contributed by atoms with E-state index in [1.807, 2.05) is 0 Å². The van der Waals surface area contributed by atoms with Gasteiger partial charge in [0.25, 0.3) is 0 Å². The monoisotopic (exact) mass is 514 g/mol. The Bertz CT molecular complexity index is 823. The fraction of sp³-hybridized carbons (Fsp3) is 0.346. The molecule has 0 radical (unpaired) electrons. The predicted octanol–water partition coefficient (Wildman–Crippen LogP) is 7.67. The Labute approximate surface area is 199 Å². The molecule has 0 bridgehead atoms. The molecule has 2 atom stereocenters. The molecule has 1 aliphatic heterocycles. The second kappa shape index (κ2) is 11.4. The van der Waals surface area contributed by atoms with E-state index in [4.69, 9.17) is 0 Å². The van der Waals surface area contributed by atoms with E-state index >= 15 is 0 Å². The van der Waals surface area contributed by atoms with Crippen LogP contribution in [0.1, 0.15) is 56.1 Å². The maximum atomic E-state index is 2.44. The van der Waals surface area contributed by atoms with Gasteiger partial charge in [0.05, 0.1) is 16.9 Å². The summed E-state index contributed by atoms with van der Waals surface area (Å²) in [4.78, 5) is 0. The second-order valence-corrected chi connectivity index (χ2v) is 11.6. The molecular weight excluding hydrogens is 478 g/mol. The van der Waals surface area contributed by atoms with Gasteiger partial charge < -0.3 is 14.9 Å². The van der Waals surface area contributed by atoms with Crippen molar-refractivity contribution in [2.75, 3.05) is 0 Å². The number of hydrogen-bond donors (Lipinski definition) is 0. The molecule has 164 valence electrons. The molecule has 0 spiro atoms. The van der Waals surface area contributed by atoms with Crippen molar-refractivity contribution in [2.45, 2.75) is 56.8 Å². The number of imidazole rings is 1. The van der Waals surface area contributed by atoms with Gasteiger partial charge in [-0.1, -0.05) is 60.7 Å². The molecular formula is C26H37N2PPd+2. The van der Waals surface area contributed by atoms with Gasteiger partial charge in [-0.25, -0.2) is 4.57 Å².